The average molecular weight is 485 g/mol. The van der Waals surface area contributed by atoms with E-state index in [2.05, 4.69) is 5.32 Å². The molecule has 1 N–H and O–H groups in total. The molecule has 0 aliphatic rings. The predicted octanol–water partition coefficient (Wildman–Crippen LogP) is 5.18. The first-order valence-electron chi connectivity index (χ1n) is 11.4. The summed E-state index contributed by atoms with van der Waals surface area (Å²) in [5.41, 5.74) is 5.65. The van der Waals surface area contributed by atoms with Crippen molar-refractivity contribution in [1.29, 1.82) is 0 Å². The van der Waals surface area contributed by atoms with Gasteiger partial charge in [0.25, 0.3) is 0 Å². The zero-order valence-electron chi connectivity index (χ0n) is 19.8. The van der Waals surface area contributed by atoms with Crippen molar-refractivity contribution in [3.8, 4) is 16.9 Å². The van der Waals surface area contributed by atoms with Gasteiger partial charge in [-0.25, -0.2) is 4.68 Å². The molecular weight excluding hydrogens is 456 g/mol. The first-order valence-corrected chi connectivity index (χ1v) is 12.5. The van der Waals surface area contributed by atoms with Crippen LogP contribution in [0.2, 0.25) is 0 Å². The molecule has 1 aromatic heterocycles. The number of nitrogens with one attached hydrogen (secondary N) is 1. The highest BCUT2D eigenvalue weighted by atomic mass is 32.2. The van der Waals surface area contributed by atoms with E-state index in [1.807, 2.05) is 103 Å². The second kappa shape index (κ2) is 11.5. The Hall–Kier alpha value is -3.84. The molecule has 0 saturated carbocycles. The van der Waals surface area contributed by atoms with Gasteiger partial charge in [0, 0.05) is 36.6 Å². The van der Waals surface area contributed by atoms with Crippen LogP contribution in [0.25, 0.3) is 16.9 Å². The number of nitrogens with zero attached hydrogens (tertiary/aromatic N) is 3. The highest BCUT2D eigenvalue weighted by Crippen LogP contribution is 2.25. The van der Waals surface area contributed by atoms with E-state index in [1.54, 1.807) is 11.9 Å². The summed E-state index contributed by atoms with van der Waals surface area (Å²) in [5, 5.41) is 7.67. The van der Waals surface area contributed by atoms with Crippen LogP contribution in [0, 0.1) is 6.92 Å². The normalized spacial score (nSPS) is 10.7. The first-order chi connectivity index (χ1) is 17.0. The molecule has 0 radical (unpaired) electrons. The Bertz CT molecular complexity index is 1270. The Morgan fingerprint density at radius 3 is 2.26 bits per heavy atom. The van der Waals surface area contributed by atoms with Gasteiger partial charge in [0.05, 0.1) is 22.9 Å². The molecule has 4 aromatic rings. The average Bonchev–Trinajstić information content (AvgIpc) is 3.30. The third kappa shape index (κ3) is 6.61. The van der Waals surface area contributed by atoms with E-state index in [0.717, 1.165) is 33.8 Å². The molecule has 0 bridgehead atoms. The van der Waals surface area contributed by atoms with E-state index in [9.17, 15) is 9.59 Å². The van der Waals surface area contributed by atoms with E-state index in [-0.39, 0.29) is 23.3 Å². The lowest BCUT2D eigenvalue weighted by Crippen LogP contribution is -2.28. The number of hydrogen-bond acceptors (Lipinski definition) is 4. The molecule has 0 saturated heterocycles. The summed E-state index contributed by atoms with van der Waals surface area (Å²) in [5.74, 6) is 0.286. The summed E-state index contributed by atoms with van der Waals surface area (Å²) in [6.45, 7) is 2.42. The van der Waals surface area contributed by atoms with Crippen molar-refractivity contribution in [1.82, 2.24) is 14.7 Å². The molecule has 7 heteroatoms. The number of hydrogen-bond donors (Lipinski definition) is 1. The van der Waals surface area contributed by atoms with Gasteiger partial charge in [-0.3, -0.25) is 9.59 Å². The van der Waals surface area contributed by atoms with E-state index in [0.29, 0.717) is 6.54 Å². The van der Waals surface area contributed by atoms with Crippen molar-refractivity contribution in [3.05, 3.63) is 102 Å². The Morgan fingerprint density at radius 2 is 1.57 bits per heavy atom. The van der Waals surface area contributed by atoms with Crippen LogP contribution in [0.5, 0.6) is 0 Å². The highest BCUT2D eigenvalue weighted by Gasteiger charge is 2.17. The van der Waals surface area contributed by atoms with Gasteiger partial charge in [-0.2, -0.15) is 5.10 Å². The first kappa shape index (κ1) is 24.3. The van der Waals surface area contributed by atoms with Crippen LogP contribution in [0.15, 0.2) is 91.1 Å². The maximum absolute atomic E-state index is 12.8. The lowest BCUT2D eigenvalue weighted by molar-refractivity contribution is -0.127. The molecule has 0 spiro atoms. The molecule has 6 nitrogen and oxygen atoms in total. The Kier molecular flexibility index (Phi) is 8.00. The number of anilines is 1. The van der Waals surface area contributed by atoms with Crippen molar-refractivity contribution in [2.75, 3.05) is 23.9 Å². The molecule has 4 rings (SSSR count). The number of benzene rings is 3. The smallest absolute Gasteiger partial charge is 0.234 e. The maximum Gasteiger partial charge on any atom is 0.234 e. The lowest BCUT2D eigenvalue weighted by Gasteiger charge is -2.17. The molecular formula is C28H28N4O2S. The summed E-state index contributed by atoms with van der Waals surface area (Å²) in [4.78, 5) is 26.7. The van der Waals surface area contributed by atoms with E-state index < -0.39 is 0 Å². The standard InChI is InChI=1S/C28H28N4O2S/c1-21-13-15-24(16-14-21)29-26(33)19-35-20-27(34)31(2)17-23-18-32(25-11-7-4-8-12-25)30-28(23)22-9-5-3-6-10-22/h3-16,18H,17,19-20H2,1-2H3,(H,29,33). The number of carbonyl (C=O) groups excluding carboxylic acids is 2. The molecule has 3 aromatic carbocycles. The topological polar surface area (TPSA) is 67.2 Å². The van der Waals surface area contributed by atoms with Crippen LogP contribution >= 0.6 is 11.8 Å². The molecule has 0 fully saturated rings. The summed E-state index contributed by atoms with van der Waals surface area (Å²) in [6.07, 6.45) is 1.98. The Balaban J connectivity index is 1.38. The minimum Gasteiger partial charge on any atom is -0.341 e. The van der Waals surface area contributed by atoms with Crippen molar-refractivity contribution >= 4 is 29.3 Å². The fourth-order valence-corrected chi connectivity index (χ4v) is 4.35. The van der Waals surface area contributed by atoms with Crippen molar-refractivity contribution < 1.29 is 9.59 Å². The van der Waals surface area contributed by atoms with Crippen LogP contribution in [0.3, 0.4) is 0 Å². The molecule has 0 unspecified atom stereocenters. The number of thioether (sulfide) groups is 1. The van der Waals surface area contributed by atoms with E-state index in [4.69, 9.17) is 5.10 Å². The van der Waals surface area contributed by atoms with Gasteiger partial charge in [-0.15, -0.1) is 11.8 Å². The number of para-hydroxylation sites is 1. The van der Waals surface area contributed by atoms with Gasteiger partial charge in [0.2, 0.25) is 11.8 Å². The number of amides is 2. The number of aryl methyl sites for hydroxylation is 1. The van der Waals surface area contributed by atoms with Gasteiger partial charge in [-0.05, 0) is 31.2 Å². The van der Waals surface area contributed by atoms with Gasteiger partial charge < -0.3 is 10.2 Å². The third-order valence-electron chi connectivity index (χ3n) is 5.49. The van der Waals surface area contributed by atoms with Crippen LogP contribution in [0.4, 0.5) is 5.69 Å². The zero-order valence-corrected chi connectivity index (χ0v) is 20.7. The molecule has 35 heavy (non-hydrogen) atoms. The summed E-state index contributed by atoms with van der Waals surface area (Å²) in [7, 11) is 1.78. The second-order valence-corrected chi connectivity index (χ2v) is 9.29. The quantitative estimate of drug-likeness (QED) is 0.356. The minimum atomic E-state index is -0.121. The zero-order chi connectivity index (χ0) is 24.6. The Labute approximate surface area is 210 Å². The van der Waals surface area contributed by atoms with E-state index in [1.165, 1.54) is 11.8 Å². The van der Waals surface area contributed by atoms with Gasteiger partial charge in [0.15, 0.2) is 0 Å². The second-order valence-electron chi connectivity index (χ2n) is 8.31. The molecule has 0 aliphatic carbocycles. The number of aromatic nitrogens is 2. The molecule has 2 amide bonds. The van der Waals surface area contributed by atoms with Crippen molar-refractivity contribution in [2.24, 2.45) is 0 Å². The van der Waals surface area contributed by atoms with Crippen molar-refractivity contribution in [3.63, 3.8) is 0 Å². The van der Waals surface area contributed by atoms with Crippen molar-refractivity contribution in [2.45, 2.75) is 13.5 Å². The molecule has 0 atom stereocenters. The molecule has 178 valence electrons. The number of rotatable bonds is 9. The lowest BCUT2D eigenvalue weighted by atomic mass is 10.1. The fraction of sp³-hybridized carbons (Fsp3) is 0.179. The SMILES string of the molecule is Cc1ccc(NC(=O)CSCC(=O)N(C)Cc2cn(-c3ccccc3)nc2-c2ccccc2)cc1. The van der Waals surface area contributed by atoms with Gasteiger partial charge >= 0.3 is 0 Å². The number of carbonyl (C=O) groups is 2. The summed E-state index contributed by atoms with van der Waals surface area (Å²) in [6, 6.07) is 27.5. The summed E-state index contributed by atoms with van der Waals surface area (Å²) < 4.78 is 1.85. The van der Waals surface area contributed by atoms with E-state index >= 15 is 0 Å². The van der Waals surface area contributed by atoms with Gasteiger partial charge in [0.1, 0.15) is 0 Å². The largest absolute Gasteiger partial charge is 0.341 e. The molecule has 0 aliphatic heterocycles. The summed E-state index contributed by atoms with van der Waals surface area (Å²) >= 11 is 1.31. The predicted molar refractivity (Wildman–Crippen MR) is 143 cm³/mol. The van der Waals surface area contributed by atoms with Crippen LogP contribution < -0.4 is 5.32 Å². The highest BCUT2D eigenvalue weighted by molar-refractivity contribution is 8.00. The maximum atomic E-state index is 12.8. The van der Waals surface area contributed by atoms with Crippen LogP contribution in [-0.2, 0) is 16.1 Å². The van der Waals surface area contributed by atoms with Crippen LogP contribution in [-0.4, -0.2) is 45.0 Å². The Morgan fingerprint density at radius 1 is 0.914 bits per heavy atom. The fourth-order valence-electron chi connectivity index (χ4n) is 3.60. The van der Waals surface area contributed by atoms with Gasteiger partial charge in [-0.1, -0.05) is 66.2 Å². The van der Waals surface area contributed by atoms with Crippen LogP contribution in [0.1, 0.15) is 11.1 Å². The minimum absolute atomic E-state index is 0.0374. The third-order valence-corrected chi connectivity index (χ3v) is 6.40. The molecule has 1 heterocycles. The monoisotopic (exact) mass is 484 g/mol.